The van der Waals surface area contributed by atoms with Crippen LogP contribution in [-0.2, 0) is 0 Å². The first kappa shape index (κ1) is 11.4. The van der Waals surface area contributed by atoms with E-state index in [1.165, 1.54) is 0 Å². The van der Waals surface area contributed by atoms with E-state index in [2.05, 4.69) is 0 Å². The second-order valence-electron chi connectivity index (χ2n) is 2.88. The summed E-state index contributed by atoms with van der Waals surface area (Å²) >= 11 is 5.55. The summed E-state index contributed by atoms with van der Waals surface area (Å²) < 4.78 is 26.1. The maximum atomic E-state index is 13.2. The lowest BCUT2D eigenvalue weighted by molar-refractivity contribution is 0.275. The molecule has 14 heavy (non-hydrogen) atoms. The molecule has 1 rings (SSSR count). The molecule has 3 N–H and O–H groups in total. The minimum Gasteiger partial charge on any atom is -0.396 e. The van der Waals surface area contributed by atoms with Gasteiger partial charge in [-0.15, -0.1) is 0 Å². The highest BCUT2D eigenvalue weighted by atomic mass is 35.5. The van der Waals surface area contributed by atoms with Gasteiger partial charge in [-0.05, 0) is 18.6 Å². The SMILES string of the molecule is N[C@@H](CCO)c1c(F)ccc(F)c1Cl. The van der Waals surface area contributed by atoms with Gasteiger partial charge < -0.3 is 10.8 Å². The van der Waals surface area contributed by atoms with Crippen molar-refractivity contribution in [3.8, 4) is 0 Å². The van der Waals surface area contributed by atoms with Gasteiger partial charge in [0.25, 0.3) is 0 Å². The molecule has 0 unspecified atom stereocenters. The molecule has 0 amide bonds. The van der Waals surface area contributed by atoms with Crippen molar-refractivity contribution in [2.24, 2.45) is 5.73 Å². The fourth-order valence-electron chi connectivity index (χ4n) is 1.17. The van der Waals surface area contributed by atoms with Crippen LogP contribution < -0.4 is 5.73 Å². The fraction of sp³-hybridized carbons (Fsp3) is 0.333. The van der Waals surface area contributed by atoms with Crippen LogP contribution in [0.25, 0.3) is 0 Å². The second-order valence-corrected chi connectivity index (χ2v) is 3.25. The quantitative estimate of drug-likeness (QED) is 0.767. The second kappa shape index (κ2) is 4.68. The van der Waals surface area contributed by atoms with Gasteiger partial charge in [0.15, 0.2) is 0 Å². The number of aliphatic hydroxyl groups excluding tert-OH is 1. The van der Waals surface area contributed by atoms with Crippen molar-refractivity contribution in [1.29, 1.82) is 0 Å². The molecule has 0 spiro atoms. The number of hydrogen-bond donors (Lipinski definition) is 2. The molecule has 0 aliphatic carbocycles. The minimum atomic E-state index is -0.789. The van der Waals surface area contributed by atoms with E-state index in [1.54, 1.807) is 0 Å². The highest BCUT2D eigenvalue weighted by Gasteiger charge is 2.17. The van der Waals surface area contributed by atoms with Gasteiger partial charge >= 0.3 is 0 Å². The summed E-state index contributed by atoms with van der Waals surface area (Å²) in [5, 5.41) is 8.30. The van der Waals surface area contributed by atoms with Gasteiger partial charge in [-0.3, -0.25) is 0 Å². The van der Waals surface area contributed by atoms with Gasteiger partial charge in [0.1, 0.15) is 11.6 Å². The Kier molecular flexibility index (Phi) is 3.80. The molecule has 0 aromatic heterocycles. The average molecular weight is 222 g/mol. The third-order valence-corrected chi connectivity index (χ3v) is 2.27. The van der Waals surface area contributed by atoms with Gasteiger partial charge in [0, 0.05) is 18.2 Å². The van der Waals surface area contributed by atoms with Crippen LogP contribution in [0.2, 0.25) is 5.02 Å². The molecule has 0 saturated heterocycles. The van der Waals surface area contributed by atoms with Crippen LogP contribution >= 0.6 is 11.6 Å². The molecular formula is C9H10ClF2NO. The Labute approximate surface area is 85.3 Å². The van der Waals surface area contributed by atoms with E-state index in [0.717, 1.165) is 12.1 Å². The normalized spacial score (nSPS) is 12.9. The monoisotopic (exact) mass is 221 g/mol. The first-order chi connectivity index (χ1) is 6.57. The molecule has 0 bridgehead atoms. The zero-order valence-corrected chi connectivity index (χ0v) is 8.06. The molecule has 5 heteroatoms. The molecule has 0 heterocycles. The molecule has 78 valence electrons. The van der Waals surface area contributed by atoms with E-state index in [1.807, 2.05) is 0 Å². The standard InChI is InChI=1S/C9H10ClF2NO/c10-9-6(12)2-1-5(11)8(9)7(13)3-4-14/h1-2,7,14H,3-4,13H2/t7-/m0/s1. The summed E-state index contributed by atoms with van der Waals surface area (Å²) in [5.74, 6) is -1.37. The van der Waals surface area contributed by atoms with Crippen LogP contribution in [0.3, 0.4) is 0 Å². The third-order valence-electron chi connectivity index (χ3n) is 1.89. The molecule has 0 fully saturated rings. The Balaban J connectivity index is 3.11. The van der Waals surface area contributed by atoms with Crippen molar-refractivity contribution in [2.45, 2.75) is 12.5 Å². The topological polar surface area (TPSA) is 46.2 Å². The van der Waals surface area contributed by atoms with E-state index in [0.29, 0.717) is 0 Å². The number of benzene rings is 1. The highest BCUT2D eigenvalue weighted by molar-refractivity contribution is 6.31. The van der Waals surface area contributed by atoms with E-state index >= 15 is 0 Å². The molecule has 0 radical (unpaired) electrons. The molecule has 0 saturated carbocycles. The van der Waals surface area contributed by atoms with Crippen molar-refractivity contribution < 1.29 is 13.9 Å². The predicted octanol–water partition coefficient (Wildman–Crippen LogP) is 2.00. The first-order valence-electron chi connectivity index (χ1n) is 4.07. The van der Waals surface area contributed by atoms with Gasteiger partial charge in [-0.2, -0.15) is 0 Å². The van der Waals surface area contributed by atoms with E-state index in [-0.39, 0.29) is 23.6 Å². The Morgan fingerprint density at radius 2 is 1.93 bits per heavy atom. The first-order valence-corrected chi connectivity index (χ1v) is 4.45. The number of hydrogen-bond acceptors (Lipinski definition) is 2. The molecule has 0 aliphatic rings. The largest absolute Gasteiger partial charge is 0.396 e. The van der Waals surface area contributed by atoms with E-state index in [4.69, 9.17) is 22.4 Å². The fourth-order valence-corrected chi connectivity index (χ4v) is 1.46. The smallest absolute Gasteiger partial charge is 0.142 e. The van der Waals surface area contributed by atoms with Crippen LogP contribution in [0, 0.1) is 11.6 Å². The number of rotatable bonds is 3. The van der Waals surface area contributed by atoms with E-state index in [9.17, 15) is 8.78 Å². The summed E-state index contributed by atoms with van der Waals surface area (Å²) in [5.41, 5.74) is 5.44. The Bertz CT molecular complexity index is 333. The summed E-state index contributed by atoms with van der Waals surface area (Å²) in [6.07, 6.45) is 0.139. The van der Waals surface area contributed by atoms with Crippen molar-refractivity contribution in [3.63, 3.8) is 0 Å². The Hall–Kier alpha value is -0.710. The minimum absolute atomic E-state index is 0.0827. The molecule has 1 atom stereocenters. The van der Waals surface area contributed by atoms with Crippen molar-refractivity contribution in [3.05, 3.63) is 34.4 Å². The third kappa shape index (κ3) is 2.20. The molecule has 0 aliphatic heterocycles. The van der Waals surface area contributed by atoms with Crippen molar-refractivity contribution in [1.82, 2.24) is 0 Å². The number of nitrogens with two attached hydrogens (primary N) is 1. The maximum Gasteiger partial charge on any atom is 0.142 e. The lowest BCUT2D eigenvalue weighted by atomic mass is 10.0. The van der Waals surface area contributed by atoms with Gasteiger partial charge in [0.2, 0.25) is 0 Å². The highest BCUT2D eigenvalue weighted by Crippen LogP contribution is 2.28. The zero-order chi connectivity index (χ0) is 10.7. The summed E-state index contributed by atoms with van der Waals surface area (Å²) in [7, 11) is 0. The van der Waals surface area contributed by atoms with Gasteiger partial charge in [-0.1, -0.05) is 11.6 Å². The van der Waals surface area contributed by atoms with Gasteiger partial charge in [-0.25, -0.2) is 8.78 Å². The Morgan fingerprint density at radius 3 is 2.50 bits per heavy atom. The lowest BCUT2D eigenvalue weighted by Crippen LogP contribution is -2.14. The van der Waals surface area contributed by atoms with Crippen LogP contribution in [0.15, 0.2) is 12.1 Å². The van der Waals surface area contributed by atoms with Crippen molar-refractivity contribution in [2.75, 3.05) is 6.61 Å². The maximum absolute atomic E-state index is 13.2. The van der Waals surface area contributed by atoms with Crippen LogP contribution in [-0.4, -0.2) is 11.7 Å². The van der Waals surface area contributed by atoms with Crippen LogP contribution in [0.1, 0.15) is 18.0 Å². The predicted molar refractivity (Wildman–Crippen MR) is 50.0 cm³/mol. The van der Waals surface area contributed by atoms with E-state index < -0.39 is 17.7 Å². The number of aliphatic hydroxyl groups is 1. The zero-order valence-electron chi connectivity index (χ0n) is 7.30. The van der Waals surface area contributed by atoms with Crippen LogP contribution in [0.4, 0.5) is 8.78 Å². The summed E-state index contributed by atoms with van der Waals surface area (Å²) in [6, 6.07) is 1.11. The molecule has 2 nitrogen and oxygen atoms in total. The number of halogens is 3. The van der Waals surface area contributed by atoms with Crippen LogP contribution in [0.5, 0.6) is 0 Å². The average Bonchev–Trinajstić information content (AvgIpc) is 2.13. The lowest BCUT2D eigenvalue weighted by Gasteiger charge is -2.13. The molecular weight excluding hydrogens is 212 g/mol. The van der Waals surface area contributed by atoms with Crippen molar-refractivity contribution >= 4 is 11.6 Å². The summed E-state index contributed by atoms with van der Waals surface area (Å²) in [6.45, 7) is -0.201. The molecule has 1 aromatic carbocycles. The summed E-state index contributed by atoms with van der Waals surface area (Å²) in [4.78, 5) is 0. The van der Waals surface area contributed by atoms with Gasteiger partial charge in [0.05, 0.1) is 5.02 Å². The Morgan fingerprint density at radius 1 is 1.36 bits per heavy atom. The molecule has 1 aromatic rings.